The van der Waals surface area contributed by atoms with Gasteiger partial charge in [-0.1, -0.05) is 36.4 Å². The van der Waals surface area contributed by atoms with Crippen molar-refractivity contribution in [1.82, 2.24) is 0 Å². The van der Waals surface area contributed by atoms with Crippen molar-refractivity contribution in [2.45, 2.75) is 13.0 Å². The number of hydrogen-bond acceptors (Lipinski definition) is 2. The van der Waals surface area contributed by atoms with E-state index in [0.29, 0.717) is 11.8 Å². The molecule has 0 aromatic heterocycles. The highest BCUT2D eigenvalue weighted by molar-refractivity contribution is 6.03. The molecule has 0 bridgehead atoms. The second-order valence-electron chi connectivity index (χ2n) is 5.35. The molecule has 3 aromatic rings. The van der Waals surface area contributed by atoms with Gasteiger partial charge in [0.15, 0.2) is 17.7 Å². The second kappa shape index (κ2) is 6.66. The predicted octanol–water partition coefficient (Wildman–Crippen LogP) is 4.52. The Bertz CT molecular complexity index is 890. The number of carbonyl (C=O) groups is 1. The predicted molar refractivity (Wildman–Crippen MR) is 89.0 cm³/mol. The molecule has 1 N–H and O–H groups in total. The molecule has 0 aliphatic heterocycles. The molecule has 24 heavy (non-hydrogen) atoms. The third kappa shape index (κ3) is 3.35. The summed E-state index contributed by atoms with van der Waals surface area (Å²) in [6.45, 7) is 1.50. The smallest absolute Gasteiger partial charge is 0.265 e. The van der Waals surface area contributed by atoms with Crippen LogP contribution in [0.1, 0.15) is 6.92 Å². The van der Waals surface area contributed by atoms with Gasteiger partial charge in [-0.25, -0.2) is 8.78 Å². The molecule has 0 saturated heterocycles. The van der Waals surface area contributed by atoms with Gasteiger partial charge in [-0.2, -0.15) is 0 Å². The highest BCUT2D eigenvalue weighted by atomic mass is 19.1. The lowest BCUT2D eigenvalue weighted by Crippen LogP contribution is -2.30. The van der Waals surface area contributed by atoms with Gasteiger partial charge >= 0.3 is 0 Å². The minimum Gasteiger partial charge on any atom is -0.478 e. The van der Waals surface area contributed by atoms with Crippen LogP contribution in [-0.4, -0.2) is 12.0 Å². The number of anilines is 1. The molecule has 1 atom stereocenters. The molecule has 1 unspecified atom stereocenters. The van der Waals surface area contributed by atoms with E-state index in [4.69, 9.17) is 4.74 Å². The van der Waals surface area contributed by atoms with Crippen molar-refractivity contribution in [3.63, 3.8) is 0 Å². The normalized spacial score (nSPS) is 12.0. The van der Waals surface area contributed by atoms with Crippen LogP contribution >= 0.6 is 0 Å². The molecule has 1 amide bonds. The van der Waals surface area contributed by atoms with Gasteiger partial charge in [0.05, 0.1) is 0 Å². The first kappa shape index (κ1) is 15.9. The molecule has 0 saturated carbocycles. The van der Waals surface area contributed by atoms with Gasteiger partial charge in [0.2, 0.25) is 0 Å². The molecule has 0 aliphatic carbocycles. The summed E-state index contributed by atoms with van der Waals surface area (Å²) in [5.74, 6) is -2.14. The van der Waals surface area contributed by atoms with Crippen LogP contribution in [0.2, 0.25) is 0 Å². The van der Waals surface area contributed by atoms with Crippen molar-refractivity contribution >= 4 is 22.4 Å². The van der Waals surface area contributed by atoms with Crippen molar-refractivity contribution < 1.29 is 18.3 Å². The number of rotatable bonds is 4. The standard InChI is InChI=1S/C19H15F2NO2/c1-12(24-18-10-9-14(20)11-16(18)21)19(23)22-17-8-4-6-13-5-2-3-7-15(13)17/h2-12H,1H3,(H,22,23). The number of ether oxygens (including phenoxy) is 1. The Balaban J connectivity index is 1.76. The lowest BCUT2D eigenvalue weighted by molar-refractivity contribution is -0.122. The highest BCUT2D eigenvalue weighted by Gasteiger charge is 2.18. The van der Waals surface area contributed by atoms with Gasteiger partial charge in [0, 0.05) is 17.1 Å². The number of nitrogens with one attached hydrogen (secondary N) is 1. The largest absolute Gasteiger partial charge is 0.478 e. The SMILES string of the molecule is CC(Oc1ccc(F)cc1F)C(=O)Nc1cccc2ccccc12. The van der Waals surface area contributed by atoms with Gasteiger partial charge in [0.25, 0.3) is 5.91 Å². The van der Waals surface area contributed by atoms with Gasteiger partial charge in [-0.05, 0) is 30.5 Å². The van der Waals surface area contributed by atoms with Crippen molar-refractivity contribution in [2.24, 2.45) is 0 Å². The van der Waals surface area contributed by atoms with E-state index in [-0.39, 0.29) is 5.75 Å². The van der Waals surface area contributed by atoms with E-state index < -0.39 is 23.6 Å². The van der Waals surface area contributed by atoms with E-state index in [1.54, 1.807) is 6.07 Å². The maximum absolute atomic E-state index is 13.6. The van der Waals surface area contributed by atoms with E-state index in [9.17, 15) is 13.6 Å². The Hall–Kier alpha value is -2.95. The van der Waals surface area contributed by atoms with Crippen molar-refractivity contribution in [3.05, 3.63) is 72.3 Å². The first-order valence-electron chi connectivity index (χ1n) is 7.45. The zero-order valence-electron chi connectivity index (χ0n) is 12.9. The molecular weight excluding hydrogens is 312 g/mol. The molecule has 122 valence electrons. The van der Waals surface area contributed by atoms with Crippen LogP contribution in [0.15, 0.2) is 60.7 Å². The molecular formula is C19H15F2NO2. The average molecular weight is 327 g/mol. The number of benzene rings is 3. The summed E-state index contributed by atoms with van der Waals surface area (Å²) >= 11 is 0. The van der Waals surface area contributed by atoms with E-state index >= 15 is 0 Å². The fraction of sp³-hybridized carbons (Fsp3) is 0.105. The zero-order valence-corrected chi connectivity index (χ0v) is 12.9. The summed E-state index contributed by atoms with van der Waals surface area (Å²) in [6.07, 6.45) is -0.941. The molecule has 0 heterocycles. The Morgan fingerprint density at radius 2 is 1.79 bits per heavy atom. The van der Waals surface area contributed by atoms with Crippen LogP contribution in [-0.2, 0) is 4.79 Å². The lowest BCUT2D eigenvalue weighted by Gasteiger charge is -2.16. The van der Waals surface area contributed by atoms with Crippen LogP contribution in [0.5, 0.6) is 5.75 Å². The molecule has 0 aliphatic rings. The third-order valence-corrected chi connectivity index (χ3v) is 3.61. The Kier molecular flexibility index (Phi) is 4.42. The molecule has 3 aromatic carbocycles. The van der Waals surface area contributed by atoms with Crippen molar-refractivity contribution in [1.29, 1.82) is 0 Å². The first-order valence-corrected chi connectivity index (χ1v) is 7.45. The maximum atomic E-state index is 13.6. The van der Waals surface area contributed by atoms with Crippen LogP contribution in [0.4, 0.5) is 14.5 Å². The molecule has 5 heteroatoms. The molecule has 0 fully saturated rings. The number of halogens is 2. The van der Waals surface area contributed by atoms with Gasteiger partial charge < -0.3 is 10.1 Å². The van der Waals surface area contributed by atoms with Crippen LogP contribution in [0.3, 0.4) is 0 Å². The lowest BCUT2D eigenvalue weighted by atomic mass is 10.1. The van der Waals surface area contributed by atoms with E-state index in [2.05, 4.69) is 5.32 Å². The van der Waals surface area contributed by atoms with Gasteiger partial charge in [0.1, 0.15) is 5.82 Å². The number of carbonyl (C=O) groups excluding carboxylic acids is 1. The Labute approximate surface area is 137 Å². The van der Waals surface area contributed by atoms with E-state index in [1.807, 2.05) is 36.4 Å². The third-order valence-electron chi connectivity index (χ3n) is 3.61. The van der Waals surface area contributed by atoms with Gasteiger partial charge in [-0.3, -0.25) is 4.79 Å². The quantitative estimate of drug-likeness (QED) is 0.765. The maximum Gasteiger partial charge on any atom is 0.265 e. The summed E-state index contributed by atoms with van der Waals surface area (Å²) in [7, 11) is 0. The minimum absolute atomic E-state index is 0.169. The van der Waals surface area contributed by atoms with Crippen molar-refractivity contribution in [2.75, 3.05) is 5.32 Å². The molecule has 0 radical (unpaired) electrons. The summed E-state index contributed by atoms with van der Waals surface area (Å²) in [5.41, 5.74) is 0.646. The number of hydrogen-bond donors (Lipinski definition) is 1. The topological polar surface area (TPSA) is 38.3 Å². The van der Waals surface area contributed by atoms with Gasteiger partial charge in [-0.15, -0.1) is 0 Å². The summed E-state index contributed by atoms with van der Waals surface area (Å²) in [4.78, 5) is 12.3. The fourth-order valence-corrected chi connectivity index (χ4v) is 2.38. The summed E-state index contributed by atoms with van der Waals surface area (Å²) < 4.78 is 31.8. The molecule has 3 rings (SSSR count). The molecule has 0 spiro atoms. The zero-order chi connectivity index (χ0) is 17.1. The summed E-state index contributed by atoms with van der Waals surface area (Å²) in [6, 6.07) is 16.1. The van der Waals surface area contributed by atoms with Crippen LogP contribution in [0, 0.1) is 11.6 Å². The number of fused-ring (bicyclic) bond motifs is 1. The average Bonchev–Trinajstić information content (AvgIpc) is 2.57. The van der Waals surface area contributed by atoms with E-state index in [0.717, 1.165) is 22.9 Å². The van der Waals surface area contributed by atoms with Crippen LogP contribution < -0.4 is 10.1 Å². The minimum atomic E-state index is -0.941. The second-order valence-corrected chi connectivity index (χ2v) is 5.35. The monoisotopic (exact) mass is 327 g/mol. The Morgan fingerprint density at radius 3 is 2.58 bits per heavy atom. The Morgan fingerprint density at radius 1 is 1.04 bits per heavy atom. The number of amides is 1. The highest BCUT2D eigenvalue weighted by Crippen LogP contribution is 2.24. The van der Waals surface area contributed by atoms with Crippen LogP contribution in [0.25, 0.3) is 10.8 Å². The van der Waals surface area contributed by atoms with E-state index in [1.165, 1.54) is 6.92 Å². The molecule has 3 nitrogen and oxygen atoms in total. The first-order chi connectivity index (χ1) is 11.5. The van der Waals surface area contributed by atoms with Crippen molar-refractivity contribution in [3.8, 4) is 5.75 Å². The summed E-state index contributed by atoms with van der Waals surface area (Å²) in [5, 5.41) is 4.67. The fourth-order valence-electron chi connectivity index (χ4n) is 2.38.